The van der Waals surface area contributed by atoms with Gasteiger partial charge in [-0.2, -0.15) is 0 Å². The lowest BCUT2D eigenvalue weighted by atomic mass is 9.72. The summed E-state index contributed by atoms with van der Waals surface area (Å²) in [6.07, 6.45) is 0.974. The third-order valence-electron chi connectivity index (χ3n) is 5.68. The Balaban J connectivity index is 1.84. The van der Waals surface area contributed by atoms with Crippen molar-refractivity contribution in [3.8, 4) is 0 Å². The van der Waals surface area contributed by atoms with Crippen molar-refractivity contribution in [2.45, 2.75) is 38.5 Å². The van der Waals surface area contributed by atoms with Crippen molar-refractivity contribution >= 4 is 28.8 Å². The van der Waals surface area contributed by atoms with Gasteiger partial charge in [0.1, 0.15) is 0 Å². The minimum absolute atomic E-state index is 0.0574. The number of nitro groups is 1. The molecule has 0 fully saturated rings. The summed E-state index contributed by atoms with van der Waals surface area (Å²) in [7, 11) is 0. The molecule has 0 radical (unpaired) electrons. The number of nitro benzene ring substituents is 1. The highest BCUT2D eigenvalue weighted by Gasteiger charge is 2.41. The number of thiophene rings is 1. The molecule has 1 aromatic heterocycles. The van der Waals surface area contributed by atoms with Crippen molar-refractivity contribution in [1.82, 2.24) is 5.32 Å². The van der Waals surface area contributed by atoms with Crippen molar-refractivity contribution in [2.24, 2.45) is 0 Å². The topological polar surface area (TPSA) is 98.5 Å². The third kappa shape index (κ3) is 3.90. The molecular weight excluding hydrogens is 416 g/mol. The number of allylic oxidation sites excluding steroid dienone is 3. The van der Waals surface area contributed by atoms with Gasteiger partial charge < -0.3 is 10.1 Å². The van der Waals surface area contributed by atoms with E-state index in [1.807, 2.05) is 17.5 Å². The highest BCUT2D eigenvalue weighted by molar-refractivity contribution is 7.10. The molecule has 31 heavy (non-hydrogen) atoms. The summed E-state index contributed by atoms with van der Waals surface area (Å²) < 4.78 is 5.27. The van der Waals surface area contributed by atoms with Crippen molar-refractivity contribution in [3.05, 3.63) is 84.9 Å². The fourth-order valence-corrected chi connectivity index (χ4v) is 5.22. The Hall–Kier alpha value is -3.26. The fraction of sp³-hybridized carbons (Fsp3) is 0.304. The number of rotatable bonds is 5. The van der Waals surface area contributed by atoms with Crippen LogP contribution in [0.5, 0.6) is 0 Å². The van der Waals surface area contributed by atoms with Crippen LogP contribution in [0.15, 0.2) is 64.3 Å². The number of benzene rings is 1. The monoisotopic (exact) mass is 438 g/mol. The van der Waals surface area contributed by atoms with Gasteiger partial charge in [-0.05, 0) is 37.3 Å². The summed E-state index contributed by atoms with van der Waals surface area (Å²) in [4.78, 5) is 38.2. The van der Waals surface area contributed by atoms with Gasteiger partial charge in [0, 0.05) is 52.2 Å². The lowest BCUT2D eigenvalue weighted by Gasteiger charge is -2.36. The zero-order chi connectivity index (χ0) is 22.1. The van der Waals surface area contributed by atoms with Gasteiger partial charge in [-0.1, -0.05) is 18.2 Å². The van der Waals surface area contributed by atoms with Crippen LogP contribution in [0.4, 0.5) is 5.69 Å². The second-order valence-electron chi connectivity index (χ2n) is 7.61. The van der Waals surface area contributed by atoms with Crippen molar-refractivity contribution < 1.29 is 19.2 Å². The molecule has 7 nitrogen and oxygen atoms in total. The fourth-order valence-electron chi connectivity index (χ4n) is 4.39. The number of carbonyl (C=O) groups is 2. The molecule has 160 valence electrons. The SMILES string of the molecule is CCOC(=O)C1=C(C)NC2=C(C(=O)C[C@@H](c3cccs3)C2)[C@H]1c1cccc([N+](=O)[O-])c1. The molecule has 0 unspecified atom stereocenters. The van der Waals surface area contributed by atoms with Gasteiger partial charge in [0.2, 0.25) is 0 Å². The number of nitrogens with one attached hydrogen (secondary N) is 1. The van der Waals surface area contributed by atoms with E-state index in [1.165, 1.54) is 12.1 Å². The van der Waals surface area contributed by atoms with Crippen LogP contribution in [0.25, 0.3) is 0 Å². The Morgan fingerprint density at radius 3 is 2.77 bits per heavy atom. The van der Waals surface area contributed by atoms with E-state index in [2.05, 4.69) is 5.32 Å². The number of ketones is 1. The molecule has 0 bridgehead atoms. The van der Waals surface area contributed by atoms with Crippen LogP contribution < -0.4 is 5.32 Å². The Kier molecular flexibility index (Phi) is 5.73. The van der Waals surface area contributed by atoms with E-state index in [4.69, 9.17) is 4.74 Å². The first-order chi connectivity index (χ1) is 14.9. The van der Waals surface area contributed by atoms with E-state index in [-0.39, 0.29) is 24.0 Å². The number of esters is 1. The number of hydrogen-bond donors (Lipinski definition) is 1. The normalized spacial score (nSPS) is 20.9. The summed E-state index contributed by atoms with van der Waals surface area (Å²) in [6.45, 7) is 3.69. The van der Waals surface area contributed by atoms with E-state index < -0.39 is 16.8 Å². The van der Waals surface area contributed by atoms with Crippen LogP contribution in [-0.4, -0.2) is 23.3 Å². The minimum Gasteiger partial charge on any atom is -0.463 e. The Labute approximate surface area is 183 Å². The lowest BCUT2D eigenvalue weighted by molar-refractivity contribution is -0.384. The second kappa shape index (κ2) is 8.47. The molecule has 2 aromatic rings. The third-order valence-corrected chi connectivity index (χ3v) is 6.72. The maximum atomic E-state index is 13.4. The van der Waals surface area contributed by atoms with Gasteiger partial charge >= 0.3 is 5.97 Å². The predicted molar refractivity (Wildman–Crippen MR) is 117 cm³/mol. The summed E-state index contributed by atoms with van der Waals surface area (Å²) in [6, 6.07) is 10.1. The van der Waals surface area contributed by atoms with Gasteiger partial charge in [-0.25, -0.2) is 4.79 Å². The van der Waals surface area contributed by atoms with Gasteiger partial charge in [0.15, 0.2) is 5.78 Å². The summed E-state index contributed by atoms with van der Waals surface area (Å²) in [5.41, 5.74) is 2.66. The van der Waals surface area contributed by atoms with E-state index in [0.29, 0.717) is 35.2 Å². The molecule has 1 aromatic carbocycles. The van der Waals surface area contributed by atoms with E-state index >= 15 is 0 Å². The van der Waals surface area contributed by atoms with Crippen LogP contribution in [0, 0.1) is 10.1 Å². The van der Waals surface area contributed by atoms with Crippen LogP contribution in [0.1, 0.15) is 49.0 Å². The Morgan fingerprint density at radius 1 is 1.29 bits per heavy atom. The maximum Gasteiger partial charge on any atom is 0.336 e. The maximum absolute atomic E-state index is 13.4. The predicted octanol–water partition coefficient (Wildman–Crippen LogP) is 4.58. The average molecular weight is 439 g/mol. The van der Waals surface area contributed by atoms with Crippen molar-refractivity contribution in [1.29, 1.82) is 0 Å². The molecule has 2 aliphatic rings. The number of nitrogens with zero attached hydrogens (tertiary/aromatic N) is 1. The zero-order valence-corrected chi connectivity index (χ0v) is 18.0. The van der Waals surface area contributed by atoms with E-state index in [0.717, 1.165) is 10.6 Å². The van der Waals surface area contributed by atoms with Crippen molar-refractivity contribution in [2.75, 3.05) is 6.61 Å². The standard InChI is InChI=1S/C23H22N2O5S/c1-3-30-23(27)20-13(2)24-17-11-15(19-8-5-9-31-19)12-18(26)22(17)21(20)14-6-4-7-16(10-14)25(28)29/h4-10,15,21,24H,3,11-12H2,1-2H3/t15-,21-/m0/s1. The van der Waals surface area contributed by atoms with Crippen molar-refractivity contribution in [3.63, 3.8) is 0 Å². The van der Waals surface area contributed by atoms with Gasteiger partial charge in [-0.15, -0.1) is 11.3 Å². The van der Waals surface area contributed by atoms with Gasteiger partial charge in [0.25, 0.3) is 5.69 Å². The minimum atomic E-state index is -0.702. The number of non-ortho nitro benzene ring substituents is 1. The van der Waals surface area contributed by atoms with Crippen LogP contribution in [0.3, 0.4) is 0 Å². The first-order valence-electron chi connectivity index (χ1n) is 10.1. The molecule has 0 saturated heterocycles. The molecule has 8 heteroatoms. The molecule has 2 atom stereocenters. The lowest BCUT2D eigenvalue weighted by Crippen LogP contribution is -2.36. The van der Waals surface area contributed by atoms with Crippen LogP contribution >= 0.6 is 11.3 Å². The van der Waals surface area contributed by atoms with Crippen LogP contribution in [-0.2, 0) is 14.3 Å². The smallest absolute Gasteiger partial charge is 0.336 e. The van der Waals surface area contributed by atoms with Gasteiger partial charge in [-0.3, -0.25) is 14.9 Å². The molecule has 1 aliphatic heterocycles. The Morgan fingerprint density at radius 2 is 2.10 bits per heavy atom. The summed E-state index contributed by atoms with van der Waals surface area (Å²) >= 11 is 1.62. The molecule has 4 rings (SSSR count). The summed E-state index contributed by atoms with van der Waals surface area (Å²) in [5.74, 6) is -1.21. The second-order valence-corrected chi connectivity index (χ2v) is 8.58. The number of ether oxygens (including phenoxy) is 1. The molecule has 0 amide bonds. The first-order valence-corrected chi connectivity index (χ1v) is 11.0. The number of Topliss-reactive ketones (excluding diaryl/α,β-unsaturated/α-hetero) is 1. The Bertz CT molecular complexity index is 1120. The molecule has 1 N–H and O–H groups in total. The average Bonchev–Trinajstić information content (AvgIpc) is 3.27. The molecule has 0 spiro atoms. The highest BCUT2D eigenvalue weighted by atomic mass is 32.1. The molecule has 0 saturated carbocycles. The first kappa shape index (κ1) is 21.0. The quantitative estimate of drug-likeness (QED) is 0.417. The number of dihydropyridines is 1. The highest BCUT2D eigenvalue weighted by Crippen LogP contribution is 2.46. The summed E-state index contributed by atoms with van der Waals surface area (Å²) in [5, 5.41) is 16.6. The van der Waals surface area contributed by atoms with E-state index in [1.54, 1.807) is 37.3 Å². The van der Waals surface area contributed by atoms with E-state index in [9.17, 15) is 19.7 Å². The molecule has 1 aliphatic carbocycles. The largest absolute Gasteiger partial charge is 0.463 e. The molecular formula is C23H22N2O5S. The zero-order valence-electron chi connectivity index (χ0n) is 17.2. The number of hydrogen-bond acceptors (Lipinski definition) is 7. The molecule has 2 heterocycles. The van der Waals surface area contributed by atoms with Gasteiger partial charge in [0.05, 0.1) is 17.1 Å². The number of carbonyl (C=O) groups excluding carboxylic acids is 2. The van der Waals surface area contributed by atoms with Crippen LogP contribution in [0.2, 0.25) is 0 Å².